The van der Waals surface area contributed by atoms with Gasteiger partial charge in [0.05, 0.1) is 0 Å². The van der Waals surface area contributed by atoms with E-state index in [1.807, 2.05) is 0 Å². The van der Waals surface area contributed by atoms with Crippen molar-refractivity contribution in [3.8, 4) is 0 Å². The molecule has 0 aromatic heterocycles. The SMILES string of the molecule is CCCCCC12CCC(C(=O)CCCC)(CC1)CC2. The van der Waals surface area contributed by atoms with Crippen LogP contribution in [0, 0.1) is 10.8 Å². The van der Waals surface area contributed by atoms with E-state index in [-0.39, 0.29) is 5.41 Å². The van der Waals surface area contributed by atoms with Crippen LogP contribution < -0.4 is 0 Å². The van der Waals surface area contributed by atoms with E-state index in [0.29, 0.717) is 11.2 Å². The van der Waals surface area contributed by atoms with Gasteiger partial charge in [-0.2, -0.15) is 0 Å². The third kappa shape index (κ3) is 3.23. The number of Topliss-reactive ketones (excluding diaryl/α,β-unsaturated/α-hetero) is 1. The van der Waals surface area contributed by atoms with Crippen LogP contribution in [0.3, 0.4) is 0 Å². The smallest absolute Gasteiger partial charge is 0.139 e. The standard InChI is InChI=1S/C18H32O/c1-3-5-7-9-17-10-13-18(14-11-17,15-12-17)16(19)8-6-4-2/h3-15H2,1-2H3. The Morgan fingerprint density at radius 2 is 1.42 bits per heavy atom. The van der Waals surface area contributed by atoms with E-state index in [4.69, 9.17) is 0 Å². The summed E-state index contributed by atoms with van der Waals surface area (Å²) in [6.07, 6.45) is 16.3. The number of unbranched alkanes of at least 4 members (excludes halogenated alkanes) is 3. The molecule has 1 heteroatoms. The van der Waals surface area contributed by atoms with Gasteiger partial charge in [-0.15, -0.1) is 0 Å². The fraction of sp³-hybridized carbons (Fsp3) is 0.944. The average molecular weight is 264 g/mol. The van der Waals surface area contributed by atoms with Crippen LogP contribution in [0.25, 0.3) is 0 Å². The molecule has 3 aliphatic rings. The summed E-state index contributed by atoms with van der Waals surface area (Å²) in [6, 6.07) is 0. The Morgan fingerprint density at radius 1 is 0.842 bits per heavy atom. The van der Waals surface area contributed by atoms with Gasteiger partial charge >= 0.3 is 0 Å². The maximum absolute atomic E-state index is 12.5. The van der Waals surface area contributed by atoms with Crippen molar-refractivity contribution in [3.05, 3.63) is 0 Å². The van der Waals surface area contributed by atoms with Crippen molar-refractivity contribution >= 4 is 5.78 Å². The van der Waals surface area contributed by atoms with Gasteiger partial charge in [-0.3, -0.25) is 4.79 Å². The average Bonchev–Trinajstić information content (AvgIpc) is 2.47. The van der Waals surface area contributed by atoms with Crippen LogP contribution in [0.5, 0.6) is 0 Å². The lowest BCUT2D eigenvalue weighted by molar-refractivity contribution is -0.138. The topological polar surface area (TPSA) is 17.1 Å². The van der Waals surface area contributed by atoms with Gasteiger partial charge < -0.3 is 0 Å². The second-order valence-electron chi connectivity index (χ2n) is 7.26. The fourth-order valence-corrected chi connectivity index (χ4v) is 4.41. The zero-order chi connectivity index (χ0) is 13.8. The van der Waals surface area contributed by atoms with Crippen LogP contribution in [-0.2, 0) is 4.79 Å². The van der Waals surface area contributed by atoms with Crippen molar-refractivity contribution in [2.45, 2.75) is 97.3 Å². The maximum Gasteiger partial charge on any atom is 0.139 e. The zero-order valence-electron chi connectivity index (χ0n) is 13.1. The molecule has 0 aromatic carbocycles. The third-order valence-electron chi connectivity index (χ3n) is 6.06. The summed E-state index contributed by atoms with van der Waals surface area (Å²) >= 11 is 0. The van der Waals surface area contributed by atoms with Gasteiger partial charge in [-0.05, 0) is 56.8 Å². The number of carbonyl (C=O) groups excluding carboxylic acids is 1. The minimum absolute atomic E-state index is 0.127. The van der Waals surface area contributed by atoms with E-state index < -0.39 is 0 Å². The summed E-state index contributed by atoms with van der Waals surface area (Å²) < 4.78 is 0. The molecule has 0 amide bonds. The Morgan fingerprint density at radius 3 is 1.95 bits per heavy atom. The highest BCUT2D eigenvalue weighted by atomic mass is 16.1. The molecule has 1 nitrogen and oxygen atoms in total. The van der Waals surface area contributed by atoms with Gasteiger partial charge in [0.1, 0.15) is 5.78 Å². The molecule has 3 rings (SSSR count). The van der Waals surface area contributed by atoms with Gasteiger partial charge in [0, 0.05) is 11.8 Å². The molecule has 0 spiro atoms. The quantitative estimate of drug-likeness (QED) is 0.516. The molecular weight excluding hydrogens is 232 g/mol. The van der Waals surface area contributed by atoms with Crippen LogP contribution in [0.2, 0.25) is 0 Å². The highest BCUT2D eigenvalue weighted by molar-refractivity contribution is 5.85. The summed E-state index contributed by atoms with van der Waals surface area (Å²) in [4.78, 5) is 12.5. The lowest BCUT2D eigenvalue weighted by Gasteiger charge is -2.53. The largest absolute Gasteiger partial charge is 0.299 e. The molecule has 19 heavy (non-hydrogen) atoms. The van der Waals surface area contributed by atoms with E-state index in [2.05, 4.69) is 13.8 Å². The molecular formula is C18H32O. The van der Waals surface area contributed by atoms with Gasteiger partial charge in [-0.25, -0.2) is 0 Å². The number of hydrogen-bond donors (Lipinski definition) is 0. The normalized spacial score (nSPS) is 33.6. The van der Waals surface area contributed by atoms with Gasteiger partial charge in [0.2, 0.25) is 0 Å². The van der Waals surface area contributed by atoms with Crippen LogP contribution in [0.1, 0.15) is 97.3 Å². The minimum atomic E-state index is 0.127. The molecule has 0 aromatic rings. The first-order valence-corrected chi connectivity index (χ1v) is 8.70. The number of ketones is 1. The van der Waals surface area contributed by atoms with E-state index in [1.54, 1.807) is 0 Å². The predicted molar refractivity (Wildman–Crippen MR) is 81.2 cm³/mol. The lowest BCUT2D eigenvalue weighted by Crippen LogP contribution is -2.45. The highest BCUT2D eigenvalue weighted by Crippen LogP contribution is 2.59. The molecule has 0 saturated heterocycles. The number of fused-ring (bicyclic) bond motifs is 3. The van der Waals surface area contributed by atoms with Crippen LogP contribution in [0.4, 0.5) is 0 Å². The molecule has 0 atom stereocenters. The first-order valence-electron chi connectivity index (χ1n) is 8.70. The van der Waals surface area contributed by atoms with Gasteiger partial charge in [0.15, 0.2) is 0 Å². The van der Waals surface area contributed by atoms with Crippen LogP contribution >= 0.6 is 0 Å². The minimum Gasteiger partial charge on any atom is -0.299 e. The van der Waals surface area contributed by atoms with Crippen LogP contribution in [0.15, 0.2) is 0 Å². The van der Waals surface area contributed by atoms with Crippen molar-refractivity contribution in [1.82, 2.24) is 0 Å². The Balaban J connectivity index is 1.87. The highest BCUT2D eigenvalue weighted by Gasteiger charge is 2.50. The van der Waals surface area contributed by atoms with E-state index in [1.165, 1.54) is 64.2 Å². The molecule has 3 saturated carbocycles. The number of carbonyl (C=O) groups is 1. The molecule has 2 bridgehead atoms. The number of hydrogen-bond acceptors (Lipinski definition) is 1. The number of rotatable bonds is 8. The fourth-order valence-electron chi connectivity index (χ4n) is 4.41. The summed E-state index contributed by atoms with van der Waals surface area (Å²) in [7, 11) is 0. The molecule has 110 valence electrons. The third-order valence-corrected chi connectivity index (χ3v) is 6.06. The molecule has 0 heterocycles. The first kappa shape index (κ1) is 15.1. The molecule has 0 aliphatic heterocycles. The predicted octanol–water partition coefficient (Wildman–Crippen LogP) is 5.67. The Labute approximate surface area is 119 Å². The van der Waals surface area contributed by atoms with Gasteiger partial charge in [-0.1, -0.05) is 39.5 Å². The second-order valence-corrected chi connectivity index (χ2v) is 7.26. The summed E-state index contributed by atoms with van der Waals surface area (Å²) in [6.45, 7) is 4.47. The monoisotopic (exact) mass is 264 g/mol. The molecule has 0 radical (unpaired) electrons. The van der Waals surface area contributed by atoms with Crippen molar-refractivity contribution in [2.75, 3.05) is 0 Å². The van der Waals surface area contributed by atoms with Crippen molar-refractivity contribution in [3.63, 3.8) is 0 Å². The molecule has 3 fully saturated rings. The summed E-state index contributed by atoms with van der Waals surface area (Å²) in [5.74, 6) is 0.608. The summed E-state index contributed by atoms with van der Waals surface area (Å²) in [5.41, 5.74) is 0.767. The lowest BCUT2D eigenvalue weighted by atomic mass is 9.51. The maximum atomic E-state index is 12.5. The Hall–Kier alpha value is -0.330. The Kier molecular flexibility index (Phi) is 5.09. The Bertz CT molecular complexity index is 280. The van der Waals surface area contributed by atoms with E-state index in [9.17, 15) is 4.79 Å². The van der Waals surface area contributed by atoms with Gasteiger partial charge in [0.25, 0.3) is 0 Å². The van der Waals surface area contributed by atoms with Crippen molar-refractivity contribution in [2.24, 2.45) is 10.8 Å². The first-order chi connectivity index (χ1) is 9.16. The molecule has 0 N–H and O–H groups in total. The zero-order valence-corrected chi connectivity index (χ0v) is 13.1. The molecule has 0 unspecified atom stereocenters. The van der Waals surface area contributed by atoms with Crippen molar-refractivity contribution < 1.29 is 4.79 Å². The van der Waals surface area contributed by atoms with E-state index in [0.717, 1.165) is 19.3 Å². The molecule has 3 aliphatic carbocycles. The van der Waals surface area contributed by atoms with E-state index >= 15 is 0 Å². The second kappa shape index (κ2) is 6.41. The summed E-state index contributed by atoms with van der Waals surface area (Å²) in [5, 5.41) is 0. The van der Waals surface area contributed by atoms with Crippen LogP contribution in [-0.4, -0.2) is 5.78 Å². The van der Waals surface area contributed by atoms with Crippen molar-refractivity contribution in [1.29, 1.82) is 0 Å².